The van der Waals surface area contributed by atoms with Gasteiger partial charge in [0, 0.05) is 11.6 Å². The highest BCUT2D eigenvalue weighted by molar-refractivity contribution is 5.97. The van der Waals surface area contributed by atoms with Crippen LogP contribution < -0.4 is 10.1 Å². The number of carbonyl (C=O) groups is 3. The van der Waals surface area contributed by atoms with Gasteiger partial charge in [0.2, 0.25) is 5.91 Å². The van der Waals surface area contributed by atoms with E-state index in [0.29, 0.717) is 12.0 Å². The molecular formula is C22H28N2O5. The topological polar surface area (TPSA) is 95.9 Å². The van der Waals surface area contributed by atoms with E-state index in [4.69, 9.17) is 4.74 Å². The molecule has 2 N–H and O–H groups in total. The number of fused-ring (bicyclic) bond motifs is 1. The first-order valence-corrected chi connectivity index (χ1v) is 10.5. The van der Waals surface area contributed by atoms with E-state index in [1.54, 1.807) is 24.3 Å². The van der Waals surface area contributed by atoms with Crippen molar-refractivity contribution in [3.05, 3.63) is 29.8 Å². The Morgan fingerprint density at radius 1 is 1.14 bits per heavy atom. The van der Waals surface area contributed by atoms with Crippen molar-refractivity contribution >= 4 is 17.8 Å². The van der Waals surface area contributed by atoms with Crippen molar-refractivity contribution < 1.29 is 24.2 Å². The third-order valence-corrected chi connectivity index (χ3v) is 6.58. The maximum Gasteiger partial charge on any atom is 0.326 e. The molecule has 4 rings (SSSR count). The first-order valence-electron chi connectivity index (χ1n) is 10.5. The Kier molecular flexibility index (Phi) is 5.23. The number of nitrogens with one attached hydrogen (secondary N) is 1. The van der Waals surface area contributed by atoms with Gasteiger partial charge in [-0.2, -0.15) is 0 Å². The minimum atomic E-state index is -0.980. The highest BCUT2D eigenvalue weighted by Crippen LogP contribution is 2.59. The van der Waals surface area contributed by atoms with Crippen molar-refractivity contribution in [2.75, 3.05) is 6.54 Å². The molecule has 29 heavy (non-hydrogen) atoms. The molecule has 3 aliphatic rings. The predicted molar refractivity (Wildman–Crippen MR) is 106 cm³/mol. The lowest BCUT2D eigenvalue weighted by Crippen LogP contribution is -2.47. The van der Waals surface area contributed by atoms with E-state index in [2.05, 4.69) is 5.32 Å². The van der Waals surface area contributed by atoms with E-state index < -0.39 is 12.0 Å². The second-order valence-corrected chi connectivity index (χ2v) is 8.82. The summed E-state index contributed by atoms with van der Waals surface area (Å²) in [6, 6.07) is 6.12. The number of nitrogens with zero attached hydrogens (tertiary/aromatic N) is 1. The number of carbonyl (C=O) groups excluding carboxylic acids is 2. The fraction of sp³-hybridized carbons (Fsp3) is 0.591. The van der Waals surface area contributed by atoms with Crippen LogP contribution in [0.5, 0.6) is 5.75 Å². The van der Waals surface area contributed by atoms with E-state index >= 15 is 0 Å². The maximum absolute atomic E-state index is 12.6. The molecule has 7 nitrogen and oxygen atoms in total. The lowest BCUT2D eigenvalue weighted by molar-refractivity contribution is -0.149. The number of rotatable bonds is 6. The Balaban J connectivity index is 1.30. The van der Waals surface area contributed by atoms with Crippen LogP contribution in [0.15, 0.2) is 24.3 Å². The van der Waals surface area contributed by atoms with Crippen molar-refractivity contribution in [3.63, 3.8) is 0 Å². The summed E-state index contributed by atoms with van der Waals surface area (Å²) in [5.41, 5.74) is 0.359. The fourth-order valence-electron chi connectivity index (χ4n) is 4.76. The molecule has 3 fully saturated rings. The molecule has 0 radical (unpaired) electrons. The van der Waals surface area contributed by atoms with Gasteiger partial charge in [0.05, 0.1) is 12.6 Å². The molecule has 1 saturated heterocycles. The number of carboxylic acid groups (broad SMARTS) is 1. The summed E-state index contributed by atoms with van der Waals surface area (Å²) < 4.78 is 5.97. The lowest BCUT2D eigenvalue weighted by Gasteiger charge is -2.24. The average molecular weight is 400 g/mol. The second kappa shape index (κ2) is 7.69. The zero-order chi connectivity index (χ0) is 20.6. The van der Waals surface area contributed by atoms with Crippen molar-refractivity contribution in [1.82, 2.24) is 10.2 Å². The molecule has 2 aliphatic carbocycles. The Morgan fingerprint density at radius 2 is 1.83 bits per heavy atom. The molecule has 2 saturated carbocycles. The number of hydrogen-bond donors (Lipinski definition) is 2. The summed E-state index contributed by atoms with van der Waals surface area (Å²) in [6.45, 7) is 1.81. The summed E-state index contributed by atoms with van der Waals surface area (Å²) in [6.07, 6.45) is 7.35. The number of aliphatic carboxylic acids is 1. The standard InChI is InChI=1S/C22H28N2O5/c1-22-11-17(21(27)28)24(18(22)12-22)19(25)13-23-20(26)14-7-9-16(10-8-14)29-15-5-3-2-4-6-15/h7-10,15,17-18H,2-6,11-13H2,1H3,(H,23,26)(H,27,28)/t17-,18-,22+/m0/s1. The van der Waals surface area contributed by atoms with Crippen molar-refractivity contribution in [3.8, 4) is 5.75 Å². The Morgan fingerprint density at radius 3 is 2.48 bits per heavy atom. The van der Waals surface area contributed by atoms with Crippen LogP contribution in [-0.2, 0) is 9.59 Å². The van der Waals surface area contributed by atoms with Crippen LogP contribution >= 0.6 is 0 Å². The molecule has 0 aromatic heterocycles. The number of benzene rings is 1. The molecule has 1 heterocycles. The van der Waals surface area contributed by atoms with Crippen LogP contribution in [0.1, 0.15) is 62.2 Å². The summed E-state index contributed by atoms with van der Waals surface area (Å²) in [5.74, 6) is -0.924. The van der Waals surface area contributed by atoms with Crippen molar-refractivity contribution in [2.24, 2.45) is 5.41 Å². The first kappa shape index (κ1) is 19.7. The molecule has 0 bridgehead atoms. The van der Waals surface area contributed by atoms with Gasteiger partial charge in [0.25, 0.3) is 5.91 Å². The van der Waals surface area contributed by atoms with Crippen LogP contribution in [-0.4, -0.2) is 52.5 Å². The van der Waals surface area contributed by atoms with Gasteiger partial charge in [0.1, 0.15) is 11.8 Å². The van der Waals surface area contributed by atoms with Gasteiger partial charge in [-0.25, -0.2) is 4.79 Å². The van der Waals surface area contributed by atoms with Crippen LogP contribution in [0.3, 0.4) is 0 Å². The van der Waals surface area contributed by atoms with Gasteiger partial charge >= 0.3 is 5.97 Å². The van der Waals surface area contributed by atoms with Crippen LogP contribution in [0.4, 0.5) is 0 Å². The van der Waals surface area contributed by atoms with E-state index in [9.17, 15) is 19.5 Å². The molecule has 1 aromatic carbocycles. The summed E-state index contributed by atoms with van der Waals surface area (Å²) >= 11 is 0. The zero-order valence-electron chi connectivity index (χ0n) is 16.7. The first-order chi connectivity index (χ1) is 13.9. The smallest absolute Gasteiger partial charge is 0.326 e. The van der Waals surface area contributed by atoms with E-state index in [1.165, 1.54) is 24.2 Å². The van der Waals surface area contributed by atoms with E-state index in [1.807, 2.05) is 6.92 Å². The molecule has 0 spiro atoms. The van der Waals surface area contributed by atoms with Gasteiger partial charge in [-0.3, -0.25) is 9.59 Å². The summed E-state index contributed by atoms with van der Waals surface area (Å²) in [5, 5.41) is 12.0. The van der Waals surface area contributed by atoms with Crippen LogP contribution in [0.2, 0.25) is 0 Å². The number of ether oxygens (including phenoxy) is 1. The minimum absolute atomic E-state index is 0.0239. The molecule has 1 aromatic rings. The van der Waals surface area contributed by atoms with E-state index in [-0.39, 0.29) is 35.9 Å². The predicted octanol–water partition coefficient (Wildman–Crippen LogP) is 2.59. The number of carboxylic acids is 1. The van der Waals surface area contributed by atoms with E-state index in [0.717, 1.165) is 25.0 Å². The average Bonchev–Trinajstić information content (AvgIpc) is 3.27. The van der Waals surface area contributed by atoms with Gasteiger partial charge in [-0.1, -0.05) is 13.3 Å². The lowest BCUT2D eigenvalue weighted by atomic mass is 9.98. The van der Waals surface area contributed by atoms with Crippen molar-refractivity contribution in [2.45, 2.75) is 70.1 Å². The SMILES string of the molecule is C[C@@]12C[C@@H]1N(C(=O)CNC(=O)c1ccc(OC3CCCCC3)cc1)[C@H](C(=O)O)C2. The number of piperidine rings is 1. The van der Waals surface area contributed by atoms with Gasteiger partial charge < -0.3 is 20.1 Å². The number of likely N-dealkylation sites (tertiary alicyclic amines) is 1. The highest BCUT2D eigenvalue weighted by Gasteiger charge is 2.64. The third kappa shape index (κ3) is 4.09. The fourth-order valence-corrected chi connectivity index (χ4v) is 4.76. The quantitative estimate of drug-likeness (QED) is 0.765. The van der Waals surface area contributed by atoms with Gasteiger partial charge in [-0.15, -0.1) is 0 Å². The monoisotopic (exact) mass is 400 g/mol. The third-order valence-electron chi connectivity index (χ3n) is 6.58. The molecule has 7 heteroatoms. The largest absolute Gasteiger partial charge is 0.490 e. The molecule has 0 unspecified atom stereocenters. The van der Waals surface area contributed by atoms with Gasteiger partial charge in [-0.05, 0) is 68.2 Å². The molecule has 156 valence electrons. The Hall–Kier alpha value is -2.57. The summed E-state index contributed by atoms with van der Waals surface area (Å²) in [7, 11) is 0. The highest BCUT2D eigenvalue weighted by atomic mass is 16.5. The Bertz CT molecular complexity index is 802. The van der Waals surface area contributed by atoms with Crippen LogP contribution in [0.25, 0.3) is 0 Å². The summed E-state index contributed by atoms with van der Waals surface area (Å²) in [4.78, 5) is 37.9. The van der Waals surface area contributed by atoms with Crippen molar-refractivity contribution in [1.29, 1.82) is 0 Å². The van der Waals surface area contributed by atoms with Gasteiger partial charge in [0.15, 0.2) is 0 Å². The minimum Gasteiger partial charge on any atom is -0.490 e. The molecule has 1 aliphatic heterocycles. The second-order valence-electron chi connectivity index (χ2n) is 8.82. The molecule has 3 atom stereocenters. The normalized spacial score (nSPS) is 28.5. The molecular weight excluding hydrogens is 372 g/mol. The Labute approximate surface area is 170 Å². The van der Waals surface area contributed by atoms with Crippen LogP contribution in [0, 0.1) is 5.41 Å². The maximum atomic E-state index is 12.6. The molecule has 2 amide bonds. The zero-order valence-corrected chi connectivity index (χ0v) is 16.7. The number of hydrogen-bond acceptors (Lipinski definition) is 4. The number of amides is 2.